The highest BCUT2D eigenvalue weighted by Crippen LogP contribution is 2.66. The number of ether oxygens (including phenoxy) is 1. The molecule has 1 fully saturated rings. The van der Waals surface area contributed by atoms with Gasteiger partial charge in [0, 0.05) is 12.3 Å². The third-order valence-electron chi connectivity index (χ3n) is 9.38. The fourth-order valence-electron chi connectivity index (χ4n) is 5.32. The summed E-state index contributed by atoms with van der Waals surface area (Å²) in [5.74, 6) is 2.24. The molecule has 1 aliphatic rings. The number of nitrogens with one attached hydrogen (secondary N) is 1. The summed E-state index contributed by atoms with van der Waals surface area (Å²) >= 11 is 0. The summed E-state index contributed by atoms with van der Waals surface area (Å²) in [7, 11) is -16.8. The van der Waals surface area contributed by atoms with Crippen molar-refractivity contribution in [2.75, 3.05) is 85.1 Å². The number of aromatic nitrogens is 2. The molecule has 1 aromatic heterocycles. The predicted molar refractivity (Wildman–Crippen MR) is 232 cm³/mol. The van der Waals surface area contributed by atoms with E-state index in [4.69, 9.17) is 25.8 Å². The third-order valence-corrected chi connectivity index (χ3v) is 13.2. The maximum absolute atomic E-state index is 12.0. The molecule has 0 radical (unpaired) electrons. The maximum Gasteiger partial charge on any atom is 0.490 e. The summed E-state index contributed by atoms with van der Waals surface area (Å²) in [6.07, 6.45) is 2.01. The maximum atomic E-state index is 12.0. The number of phosphoric ester groups is 1. The van der Waals surface area contributed by atoms with Crippen molar-refractivity contribution in [3.05, 3.63) is 33.1 Å². The summed E-state index contributed by atoms with van der Waals surface area (Å²) in [4.78, 5) is 70.4. The van der Waals surface area contributed by atoms with Crippen molar-refractivity contribution in [2.45, 2.75) is 108 Å². The van der Waals surface area contributed by atoms with Gasteiger partial charge in [0.25, 0.3) is 5.56 Å². The number of aliphatic hydroxyl groups is 1. The van der Waals surface area contributed by atoms with Gasteiger partial charge in [-0.3, -0.25) is 18.9 Å². The fourth-order valence-corrected chi connectivity index (χ4v) is 8.35. The van der Waals surface area contributed by atoms with Crippen LogP contribution in [0.4, 0.5) is 0 Å². The molecule has 1 aromatic rings. The van der Waals surface area contributed by atoms with Gasteiger partial charge in [-0.05, 0) is 85.5 Å². The molecule has 0 aliphatic carbocycles. The number of hydrogen-bond donors (Lipinski definition) is 6. The number of hydrogen-bond acceptors (Lipinski definition) is 14. The topological polar surface area (TPSA) is 257 Å². The van der Waals surface area contributed by atoms with Crippen molar-refractivity contribution in [3.63, 3.8) is 0 Å². The lowest BCUT2D eigenvalue weighted by molar-refractivity contribution is -0.0494. The van der Waals surface area contributed by atoms with Gasteiger partial charge < -0.3 is 49.0 Å². The quantitative estimate of drug-likeness (QED) is 0.0793. The van der Waals surface area contributed by atoms with Crippen LogP contribution in [-0.4, -0.2) is 151 Å². The smallest absolute Gasteiger partial charge is 0.389 e. The lowest BCUT2D eigenvalue weighted by Gasteiger charge is -2.27. The first-order valence-electron chi connectivity index (χ1n) is 20.2. The Bertz CT molecular complexity index is 1470. The molecule has 6 atom stereocenters. The third kappa shape index (κ3) is 25.8. The van der Waals surface area contributed by atoms with Gasteiger partial charge in [-0.1, -0.05) is 89.0 Å². The number of aliphatic hydroxyl groups excluding tert-OH is 1. The van der Waals surface area contributed by atoms with Gasteiger partial charge in [-0.15, -0.1) is 6.42 Å². The Morgan fingerprint density at radius 2 is 1.07 bits per heavy atom. The summed E-state index contributed by atoms with van der Waals surface area (Å²) in [6, 6.07) is 0.980. The SMILES string of the molecule is C#C[C@]1(C)[C@H](O)[C@@H](COP(=O)(O)OP(=O)(O)OP(=O)(O)O)O[C@H]1n1ccc(=O)[nH]c1=O.CCN(CC)CC.CCN(CC)CC.CCN(CC)CC.CCN(CC)CC. The molecule has 2 rings (SSSR count). The van der Waals surface area contributed by atoms with Crippen LogP contribution in [0.5, 0.6) is 0 Å². The molecule has 350 valence electrons. The number of H-pyrrole nitrogens is 1. The number of aromatic amines is 1. The minimum absolute atomic E-state index is 0.716. The van der Waals surface area contributed by atoms with E-state index in [2.05, 4.69) is 122 Å². The number of phosphoric acid groups is 3. The summed E-state index contributed by atoms with van der Waals surface area (Å²) in [5.41, 5.74) is -3.25. The second kappa shape index (κ2) is 32.1. The molecule has 1 saturated heterocycles. The molecule has 20 nitrogen and oxygen atoms in total. The molecule has 2 heterocycles. The number of terminal acetylenes is 1. The number of nitrogens with zero attached hydrogens (tertiary/aromatic N) is 5. The average molecular weight is 911 g/mol. The summed E-state index contributed by atoms with van der Waals surface area (Å²) < 4.78 is 51.6. The summed E-state index contributed by atoms with van der Waals surface area (Å²) in [6.45, 7) is 40.8. The monoisotopic (exact) mass is 910 g/mol. The molecule has 0 aromatic carbocycles. The van der Waals surface area contributed by atoms with E-state index in [1.807, 2.05) is 4.98 Å². The molecule has 59 heavy (non-hydrogen) atoms. The van der Waals surface area contributed by atoms with Crippen LogP contribution < -0.4 is 11.2 Å². The standard InChI is InChI=1S/C12H17N2O14P3.4C6H15N/c1-3-12(2)9(16)7(26-10(12)14-5-4-8(15)13-11(14)17)6-25-30(21,22)28-31(23,24)27-29(18,19)20;4*1-4-7(5-2)6-3/h1,4-5,7,9-10,16H,6H2,2H3,(H,21,22)(H,23,24)(H,13,15,17)(H2,18,19,20);4*4-6H2,1-3H3/t7-,9-,10-,12-;;;;/m1..../s1. The molecule has 0 saturated carbocycles. The van der Waals surface area contributed by atoms with Crippen molar-refractivity contribution in [3.8, 4) is 12.3 Å². The van der Waals surface area contributed by atoms with Crippen molar-refractivity contribution in [1.82, 2.24) is 29.2 Å². The first kappa shape index (κ1) is 61.7. The molecule has 0 amide bonds. The molecule has 1 aliphatic heterocycles. The van der Waals surface area contributed by atoms with Gasteiger partial charge >= 0.3 is 29.2 Å². The van der Waals surface area contributed by atoms with E-state index in [0.29, 0.717) is 0 Å². The Morgan fingerprint density at radius 1 is 0.712 bits per heavy atom. The van der Waals surface area contributed by atoms with E-state index in [0.717, 1.165) is 16.8 Å². The van der Waals surface area contributed by atoms with Gasteiger partial charge in [0.1, 0.15) is 17.6 Å². The average Bonchev–Trinajstić information content (AvgIpc) is 3.42. The van der Waals surface area contributed by atoms with Crippen molar-refractivity contribution < 1.29 is 56.3 Å². The Hall–Kier alpha value is -1.59. The first-order chi connectivity index (χ1) is 27.4. The fraction of sp³-hybridized carbons (Fsp3) is 0.833. The van der Waals surface area contributed by atoms with Crippen LogP contribution in [0.15, 0.2) is 21.9 Å². The molecule has 2 unspecified atom stereocenters. The molecule has 0 spiro atoms. The van der Waals surface area contributed by atoms with E-state index in [1.54, 1.807) is 0 Å². The van der Waals surface area contributed by atoms with Crippen LogP contribution >= 0.6 is 23.5 Å². The van der Waals surface area contributed by atoms with Crippen molar-refractivity contribution >= 4 is 23.5 Å². The lowest BCUT2D eigenvalue weighted by atomic mass is 9.83. The predicted octanol–water partition coefficient (Wildman–Crippen LogP) is 4.17. The van der Waals surface area contributed by atoms with Crippen LogP contribution in [0.1, 0.15) is 96.2 Å². The molecule has 6 N–H and O–H groups in total. The highest BCUT2D eigenvalue weighted by atomic mass is 31.3. The van der Waals surface area contributed by atoms with Gasteiger partial charge in [0.15, 0.2) is 6.23 Å². The van der Waals surface area contributed by atoms with Gasteiger partial charge in [0.2, 0.25) is 0 Å². The van der Waals surface area contributed by atoms with Crippen LogP contribution in [-0.2, 0) is 31.6 Å². The van der Waals surface area contributed by atoms with Gasteiger partial charge in [-0.2, -0.15) is 8.62 Å². The number of rotatable bonds is 20. The first-order valence-corrected chi connectivity index (χ1v) is 24.7. The normalized spacial score (nSPS) is 20.8. The highest BCUT2D eigenvalue weighted by molar-refractivity contribution is 7.66. The zero-order valence-electron chi connectivity index (χ0n) is 37.6. The van der Waals surface area contributed by atoms with Crippen LogP contribution in [0.2, 0.25) is 0 Å². The Balaban J connectivity index is -0.000000898. The van der Waals surface area contributed by atoms with E-state index in [9.17, 15) is 33.3 Å². The van der Waals surface area contributed by atoms with Crippen LogP contribution in [0.3, 0.4) is 0 Å². The Morgan fingerprint density at radius 3 is 1.34 bits per heavy atom. The van der Waals surface area contributed by atoms with Crippen molar-refractivity contribution in [2.24, 2.45) is 5.41 Å². The molecular formula is C36H77N6O14P3. The highest BCUT2D eigenvalue weighted by Gasteiger charge is 2.54. The minimum Gasteiger partial charge on any atom is -0.389 e. The minimum atomic E-state index is -5.73. The second-order valence-electron chi connectivity index (χ2n) is 12.8. The van der Waals surface area contributed by atoms with Crippen LogP contribution in [0.25, 0.3) is 0 Å². The van der Waals surface area contributed by atoms with Gasteiger partial charge in [0.05, 0.1) is 6.61 Å². The Kier molecular flexibility index (Phi) is 33.6. The summed E-state index contributed by atoms with van der Waals surface area (Å²) in [5, 5.41) is 10.5. The zero-order valence-corrected chi connectivity index (χ0v) is 40.3. The van der Waals surface area contributed by atoms with E-state index >= 15 is 0 Å². The molecular weight excluding hydrogens is 833 g/mol. The van der Waals surface area contributed by atoms with Crippen LogP contribution in [0, 0.1) is 17.8 Å². The molecule has 23 heteroatoms. The lowest BCUT2D eigenvalue weighted by Crippen LogP contribution is -2.40. The van der Waals surface area contributed by atoms with E-state index < -0.39 is 65.2 Å². The van der Waals surface area contributed by atoms with E-state index in [-0.39, 0.29) is 0 Å². The zero-order chi connectivity index (χ0) is 46.6. The van der Waals surface area contributed by atoms with Crippen molar-refractivity contribution in [1.29, 1.82) is 0 Å². The molecule has 0 bridgehead atoms. The Labute approximate surface area is 352 Å². The van der Waals surface area contributed by atoms with E-state index in [1.165, 1.54) is 85.5 Å². The van der Waals surface area contributed by atoms with Gasteiger partial charge in [-0.25, -0.2) is 18.5 Å². The second-order valence-corrected chi connectivity index (χ2v) is 17.2. The largest absolute Gasteiger partial charge is 0.490 e.